The molecular formula is C67H108N26O27. The Morgan fingerprint density at radius 1 is 0.342 bits per heavy atom. The number of aliphatic carboxylic acids is 4. The van der Waals surface area contributed by atoms with Crippen molar-refractivity contribution in [1.29, 1.82) is 10.8 Å². The van der Waals surface area contributed by atoms with E-state index in [9.17, 15) is 120 Å². The molecule has 2 heterocycles. The van der Waals surface area contributed by atoms with Crippen LogP contribution in [0, 0.1) is 10.8 Å². The molecule has 0 radical (unpaired) electrons. The standard InChI is InChI=1S/C67H108N26O27/c1-29(81-55(110)32(4)82-59(114)35(10-6-18-75-66(71)72)89-57(112)34(68)22-48(99)100)52(107)77-25-45(96)86-37(14-16-43(69)94)64(119)92-20-8-12-41(92)62(117)84-30(2)53(108)78-26-47(98)88-40(24-50(103)104)61(116)90-36(11-7-19-76-67(73)74)60(115)83-33(5)56(111)91-39(23-49(101)102)58(113)79-27-46(97)87-38(15-17-44(70)95)65(120)93-21-9-13-42(93)63(118)85-31(3)54(109)80-28-51(105)106/h29-42H,6-28,68H2,1-5H3,(H2,69,94)(H2,70,95)(H,77,107)(H,78,108)(H,79,113)(H,80,109)(H,81,110)(H,82,114)(H,83,115)(H,84,117)(H,85,118)(H,86,96)(H,87,97)(H,88,98)(H,89,112)(H,90,116)(H,91,111)(H,99,100)(H,101,102)(H,103,104)(H,105,106)(H4,71,72,75)(H4,73,74,76)/t29-,30-,31-,32-,33-,34-,35-,36-,37-,38-,39-,40-,41-,42-/m0/s1. The number of carbonyl (C=O) groups excluding carboxylic acids is 19. The molecule has 2 aliphatic rings. The summed E-state index contributed by atoms with van der Waals surface area (Å²) >= 11 is 0. The van der Waals surface area contributed by atoms with Crippen molar-refractivity contribution >= 4 is 148 Å². The highest BCUT2D eigenvalue weighted by molar-refractivity contribution is 6.02. The summed E-state index contributed by atoms with van der Waals surface area (Å²) in [5.41, 5.74) is 26.9. The topological polar surface area (TPSA) is 862 Å². The molecule has 53 heteroatoms. The monoisotopic (exact) mass is 1710 g/mol. The average molecular weight is 1710 g/mol. The van der Waals surface area contributed by atoms with E-state index in [-0.39, 0.29) is 83.5 Å². The van der Waals surface area contributed by atoms with E-state index in [0.717, 1.165) is 23.6 Å². The van der Waals surface area contributed by atoms with Gasteiger partial charge in [0.1, 0.15) is 85.1 Å². The molecule has 0 aromatic heterocycles. The lowest BCUT2D eigenvalue weighted by Gasteiger charge is -2.29. The van der Waals surface area contributed by atoms with E-state index >= 15 is 0 Å². The van der Waals surface area contributed by atoms with E-state index < -0.39 is 298 Å². The molecule has 0 aliphatic carbocycles. The Kier molecular flexibility index (Phi) is 43.9. The van der Waals surface area contributed by atoms with Gasteiger partial charge in [0.15, 0.2) is 11.9 Å². The smallest absolute Gasteiger partial charge is 0.322 e. The number of carbonyl (C=O) groups is 23. The molecule has 0 spiro atoms. The molecule has 53 nitrogen and oxygen atoms in total. The van der Waals surface area contributed by atoms with Crippen LogP contribution in [-0.2, 0) is 110 Å². The third-order valence-corrected chi connectivity index (χ3v) is 17.8. The van der Waals surface area contributed by atoms with Crippen LogP contribution < -0.4 is 119 Å². The minimum Gasteiger partial charge on any atom is -0.481 e. The Labute approximate surface area is 684 Å². The van der Waals surface area contributed by atoms with Gasteiger partial charge in [-0.3, -0.25) is 121 Å². The van der Waals surface area contributed by atoms with Gasteiger partial charge in [-0.15, -0.1) is 0 Å². The summed E-state index contributed by atoms with van der Waals surface area (Å²) in [6.07, 6.45) is -4.77. The molecule has 0 unspecified atom stereocenters. The predicted molar refractivity (Wildman–Crippen MR) is 409 cm³/mol. The average Bonchev–Trinajstić information content (AvgIpc) is 1.66. The summed E-state index contributed by atoms with van der Waals surface area (Å²) in [5.74, 6) is -26.5. The van der Waals surface area contributed by atoms with Crippen molar-refractivity contribution in [2.75, 3.05) is 52.4 Å². The largest absolute Gasteiger partial charge is 0.481 e. The number of amides is 19. The number of primary amides is 2. The number of nitrogens with zero attached hydrogens (tertiary/aromatic N) is 2. The Morgan fingerprint density at radius 3 is 1.02 bits per heavy atom. The molecule has 2 fully saturated rings. The second-order valence-electron chi connectivity index (χ2n) is 27.7. The van der Waals surface area contributed by atoms with Crippen molar-refractivity contribution in [3.63, 3.8) is 0 Å². The van der Waals surface area contributed by atoms with Gasteiger partial charge in [-0.25, -0.2) is 0 Å². The third kappa shape index (κ3) is 38.4. The van der Waals surface area contributed by atoms with Gasteiger partial charge in [-0.05, 0) is 98.8 Å². The number of carboxylic acids is 4. The van der Waals surface area contributed by atoms with Gasteiger partial charge in [0, 0.05) is 39.0 Å². The van der Waals surface area contributed by atoms with Gasteiger partial charge in [0.2, 0.25) is 112 Å². The zero-order valence-electron chi connectivity index (χ0n) is 66.3. The number of likely N-dealkylation sites (tertiary alicyclic amines) is 2. The molecule has 0 saturated carbocycles. The molecule has 0 bridgehead atoms. The maximum absolute atomic E-state index is 14.1. The molecular weight excluding hydrogens is 1600 g/mol. The molecule has 0 aromatic carbocycles. The van der Waals surface area contributed by atoms with Crippen LogP contribution in [0.2, 0.25) is 0 Å². The molecule has 2 aliphatic heterocycles. The zero-order chi connectivity index (χ0) is 91.0. The Bertz CT molecular complexity index is 3830. The lowest BCUT2D eigenvalue weighted by atomic mass is 10.1. The Balaban J connectivity index is 2.14. The van der Waals surface area contributed by atoms with Crippen molar-refractivity contribution in [3.8, 4) is 0 Å². The number of rotatable bonds is 53. The van der Waals surface area contributed by atoms with E-state index in [2.05, 4.69) is 90.4 Å². The quantitative estimate of drug-likeness (QED) is 0.0153. The summed E-state index contributed by atoms with van der Waals surface area (Å²) in [7, 11) is 0. The number of hydrogen-bond acceptors (Lipinski definition) is 26. The van der Waals surface area contributed by atoms with Crippen LogP contribution in [-0.4, -0.2) is 315 Å². The van der Waals surface area contributed by atoms with Gasteiger partial charge in [-0.1, -0.05) is 0 Å². The highest BCUT2D eigenvalue weighted by Gasteiger charge is 2.42. The van der Waals surface area contributed by atoms with Crippen molar-refractivity contribution < 1.29 is 131 Å². The van der Waals surface area contributed by atoms with Crippen molar-refractivity contribution in [2.24, 2.45) is 28.7 Å². The number of nitrogens with one attached hydrogen (secondary N) is 19. The molecule has 120 heavy (non-hydrogen) atoms. The van der Waals surface area contributed by atoms with Crippen LogP contribution in [0.4, 0.5) is 0 Å². The number of nitrogens with two attached hydrogens (primary N) is 5. The van der Waals surface area contributed by atoms with Crippen LogP contribution in [0.3, 0.4) is 0 Å². The number of guanidine groups is 2. The molecule has 2 rings (SSSR count). The van der Waals surface area contributed by atoms with Crippen LogP contribution in [0.15, 0.2) is 0 Å². The lowest BCUT2D eigenvalue weighted by Crippen LogP contribution is -2.59. The van der Waals surface area contributed by atoms with E-state index in [1.807, 2.05) is 0 Å². The van der Waals surface area contributed by atoms with Gasteiger partial charge in [0.05, 0.1) is 44.9 Å². The minimum atomic E-state index is -2.02. The SMILES string of the molecule is C[C@H](NC(=O)[C@H](C)NC(=O)[C@H](CCCNC(=N)N)NC(=O)[C@@H](N)CC(=O)O)C(=O)NCC(=O)N[C@@H](CCC(N)=O)C(=O)N1CCC[C@H]1C(=O)N[C@@H](C)C(=O)NCC(=O)N[C@@H](CC(=O)O)C(=O)N[C@@H](CCCNC(=N)N)C(=O)N[C@@H](C)C(=O)N[C@@H](CC(=O)O)C(=O)NCC(=O)N[C@@H](CCC(N)=O)C(=O)N1CCC[C@H]1C(=O)N[C@@H](C)C(=O)NCC(=O)O. The second kappa shape index (κ2) is 51.4. The lowest BCUT2D eigenvalue weighted by molar-refractivity contribution is -0.143. The van der Waals surface area contributed by atoms with E-state index in [0.29, 0.717) is 0 Å². The normalized spacial score (nSPS) is 16.3. The fraction of sp³-hybridized carbons (Fsp3) is 0.627. The van der Waals surface area contributed by atoms with Crippen LogP contribution in [0.5, 0.6) is 0 Å². The molecule has 0 aromatic rings. The highest BCUT2D eigenvalue weighted by Crippen LogP contribution is 2.22. The number of carboxylic acid groups (broad SMARTS) is 4. The highest BCUT2D eigenvalue weighted by atomic mass is 16.4. The maximum Gasteiger partial charge on any atom is 0.322 e. The molecule has 14 atom stereocenters. The van der Waals surface area contributed by atoms with E-state index in [1.54, 1.807) is 0 Å². The number of hydrogen-bond donors (Lipinski definition) is 28. The van der Waals surface area contributed by atoms with Crippen molar-refractivity contribution in [1.82, 2.24) is 100 Å². The Morgan fingerprint density at radius 2 is 0.650 bits per heavy atom. The summed E-state index contributed by atoms with van der Waals surface area (Å²) in [6, 6.07) is -21.5. The summed E-state index contributed by atoms with van der Waals surface area (Å²) in [4.78, 5) is 299. The van der Waals surface area contributed by atoms with E-state index in [4.69, 9.17) is 49.7 Å². The molecule has 19 amide bonds. The first-order valence-corrected chi connectivity index (χ1v) is 37.5. The first-order valence-electron chi connectivity index (χ1n) is 37.5. The fourth-order valence-corrected chi connectivity index (χ4v) is 11.5. The van der Waals surface area contributed by atoms with Gasteiger partial charge in [0.25, 0.3) is 0 Å². The van der Waals surface area contributed by atoms with Crippen LogP contribution >= 0.6 is 0 Å². The molecule has 2 saturated heterocycles. The van der Waals surface area contributed by atoms with E-state index in [1.165, 1.54) is 20.8 Å². The van der Waals surface area contributed by atoms with Gasteiger partial charge >= 0.3 is 23.9 Å². The minimum absolute atomic E-state index is 0.00455. The second-order valence-corrected chi connectivity index (χ2v) is 27.7. The first-order chi connectivity index (χ1) is 56.1. The van der Waals surface area contributed by atoms with Crippen molar-refractivity contribution in [3.05, 3.63) is 0 Å². The third-order valence-electron chi connectivity index (χ3n) is 17.8. The molecule has 33 N–H and O–H groups in total. The van der Waals surface area contributed by atoms with Gasteiger partial charge < -0.3 is 149 Å². The molecule has 668 valence electrons. The maximum atomic E-state index is 14.1. The summed E-state index contributed by atoms with van der Waals surface area (Å²) < 4.78 is 0. The van der Waals surface area contributed by atoms with Crippen molar-refractivity contribution in [2.45, 2.75) is 216 Å². The van der Waals surface area contributed by atoms with Crippen LogP contribution in [0.1, 0.15) is 131 Å². The predicted octanol–water partition coefficient (Wildman–Crippen LogP) is -14.2. The first kappa shape index (κ1) is 102. The zero-order valence-corrected chi connectivity index (χ0v) is 66.3. The fourth-order valence-electron chi connectivity index (χ4n) is 11.5. The summed E-state index contributed by atoms with van der Waals surface area (Å²) in [6.45, 7) is 2.13. The van der Waals surface area contributed by atoms with Gasteiger partial charge in [-0.2, -0.15) is 0 Å². The Hall–Kier alpha value is -13.7. The summed E-state index contributed by atoms with van der Waals surface area (Å²) in [5, 5.41) is 90.8. The van der Waals surface area contributed by atoms with Crippen LogP contribution in [0.25, 0.3) is 0 Å².